The van der Waals surface area contributed by atoms with Crippen LogP contribution in [-0.2, 0) is 16.1 Å². The second-order valence-corrected chi connectivity index (χ2v) is 12.5. The number of fused-ring (bicyclic) bond motifs is 1. The minimum atomic E-state index is -0.604. The highest BCUT2D eigenvalue weighted by atomic mass is 79.9. The van der Waals surface area contributed by atoms with Crippen LogP contribution in [0.15, 0.2) is 83.9 Å². The minimum Gasteiger partial charge on any atom is -0.493 e. The number of hydrogen-bond acceptors (Lipinski definition) is 8. The number of aromatic nitrogens is 1. The van der Waals surface area contributed by atoms with Crippen LogP contribution >= 0.6 is 54.5 Å². The average molecular weight is 704 g/mol. The molecule has 0 saturated carbocycles. The molecule has 3 heterocycles. The molecule has 1 atom stereocenters. The van der Waals surface area contributed by atoms with Gasteiger partial charge in [-0.1, -0.05) is 45.5 Å². The number of allylic oxidation sites excluding steroid dienone is 1. The fraction of sp³-hybridized carbons (Fsp3) is 0.207. The Labute approximate surface area is 255 Å². The lowest BCUT2D eigenvalue weighted by Crippen LogP contribution is -2.39. The molecule has 0 unspecified atom stereocenters. The van der Waals surface area contributed by atoms with Crippen molar-refractivity contribution in [2.24, 2.45) is 4.99 Å². The van der Waals surface area contributed by atoms with Crippen LogP contribution in [0.25, 0.3) is 6.08 Å². The van der Waals surface area contributed by atoms with E-state index in [2.05, 4.69) is 36.9 Å². The number of benzene rings is 2. The number of nitrogens with zero attached hydrogens (tertiary/aromatic N) is 2. The van der Waals surface area contributed by atoms with Gasteiger partial charge in [0.25, 0.3) is 5.56 Å². The Kier molecular flexibility index (Phi) is 8.74. The number of ether oxygens (including phenoxy) is 3. The lowest BCUT2D eigenvalue weighted by molar-refractivity contribution is -0.139. The molecule has 2 aromatic heterocycles. The Morgan fingerprint density at radius 3 is 2.62 bits per heavy atom. The number of thiophene rings is 1. The van der Waals surface area contributed by atoms with Crippen molar-refractivity contribution in [3.8, 4) is 11.5 Å². The van der Waals surface area contributed by atoms with Gasteiger partial charge in [-0.05, 0) is 82.7 Å². The van der Waals surface area contributed by atoms with E-state index in [1.54, 1.807) is 31.6 Å². The van der Waals surface area contributed by atoms with Crippen molar-refractivity contribution in [2.75, 3.05) is 13.7 Å². The van der Waals surface area contributed by atoms with Crippen molar-refractivity contribution in [3.63, 3.8) is 0 Å². The zero-order chi connectivity index (χ0) is 28.4. The van der Waals surface area contributed by atoms with Crippen molar-refractivity contribution in [1.82, 2.24) is 4.57 Å². The smallest absolute Gasteiger partial charge is 0.338 e. The molecule has 0 spiro atoms. The van der Waals surface area contributed by atoms with Crippen LogP contribution in [0.2, 0.25) is 0 Å². The van der Waals surface area contributed by atoms with Crippen molar-refractivity contribution < 1.29 is 19.0 Å². The highest BCUT2D eigenvalue weighted by Gasteiger charge is 2.33. The first kappa shape index (κ1) is 28.5. The van der Waals surface area contributed by atoms with Gasteiger partial charge >= 0.3 is 5.97 Å². The van der Waals surface area contributed by atoms with Crippen LogP contribution < -0.4 is 24.4 Å². The number of hydrogen-bond donors (Lipinski definition) is 0. The molecule has 0 fully saturated rings. The van der Waals surface area contributed by atoms with E-state index in [0.29, 0.717) is 43.2 Å². The molecule has 40 heavy (non-hydrogen) atoms. The van der Waals surface area contributed by atoms with Gasteiger partial charge in [0.2, 0.25) is 0 Å². The topological polar surface area (TPSA) is 79.1 Å². The third-order valence-electron chi connectivity index (χ3n) is 6.18. The quantitative estimate of drug-likeness (QED) is 0.211. The van der Waals surface area contributed by atoms with E-state index in [1.807, 2.05) is 53.9 Å². The van der Waals surface area contributed by atoms with Gasteiger partial charge in [-0.3, -0.25) is 9.36 Å². The fourth-order valence-corrected chi connectivity index (χ4v) is 7.07. The first-order valence-electron chi connectivity index (χ1n) is 12.3. The summed E-state index contributed by atoms with van der Waals surface area (Å²) in [5, 5.41) is 1.92. The summed E-state index contributed by atoms with van der Waals surface area (Å²) in [5.41, 5.74) is 2.45. The van der Waals surface area contributed by atoms with Gasteiger partial charge in [0.1, 0.15) is 12.6 Å². The van der Waals surface area contributed by atoms with Gasteiger partial charge in [-0.25, -0.2) is 9.79 Å². The Hall–Kier alpha value is -2.99. The Morgan fingerprint density at radius 1 is 1.18 bits per heavy atom. The van der Waals surface area contributed by atoms with Gasteiger partial charge in [0.05, 0.1) is 34.0 Å². The molecular weight excluding hydrogens is 680 g/mol. The van der Waals surface area contributed by atoms with Crippen molar-refractivity contribution in [3.05, 3.63) is 110 Å². The molecule has 206 valence electrons. The predicted octanol–water partition coefficient (Wildman–Crippen LogP) is 5.97. The van der Waals surface area contributed by atoms with Crippen LogP contribution in [0.5, 0.6) is 11.5 Å². The van der Waals surface area contributed by atoms with Crippen LogP contribution in [0.4, 0.5) is 0 Å². The first-order valence-corrected chi connectivity index (χ1v) is 15.6. The number of esters is 1. The van der Waals surface area contributed by atoms with E-state index >= 15 is 0 Å². The minimum absolute atomic E-state index is 0.233. The van der Waals surface area contributed by atoms with Gasteiger partial charge < -0.3 is 14.2 Å². The lowest BCUT2D eigenvalue weighted by Gasteiger charge is -2.23. The molecule has 0 bridgehead atoms. The van der Waals surface area contributed by atoms with Gasteiger partial charge in [-0.15, -0.1) is 11.3 Å². The van der Waals surface area contributed by atoms with Crippen LogP contribution in [0.1, 0.15) is 35.9 Å². The Bertz CT molecular complexity index is 1770. The third-order valence-corrected chi connectivity index (χ3v) is 9.20. The maximum atomic E-state index is 13.8. The summed E-state index contributed by atoms with van der Waals surface area (Å²) in [5.74, 6) is 0.627. The number of rotatable bonds is 8. The SMILES string of the molecule is CCOC(=O)C1=C(C)N=c2s/c(=C\c3cc(Br)c(OCc4ccc(Br)cc4)c(OC)c3)c(=O)n2[C@@H]1c1cccs1. The molecule has 0 saturated heterocycles. The molecule has 1 aliphatic heterocycles. The van der Waals surface area contributed by atoms with E-state index in [0.717, 1.165) is 20.5 Å². The highest BCUT2D eigenvalue weighted by molar-refractivity contribution is 9.10. The number of carbonyl (C=O) groups is 1. The van der Waals surface area contributed by atoms with E-state index < -0.39 is 12.0 Å². The molecule has 0 N–H and O–H groups in total. The summed E-state index contributed by atoms with van der Waals surface area (Å²) in [7, 11) is 1.58. The maximum absolute atomic E-state index is 13.8. The number of halogens is 2. The second kappa shape index (κ2) is 12.3. The number of thiazole rings is 1. The monoisotopic (exact) mass is 702 g/mol. The summed E-state index contributed by atoms with van der Waals surface area (Å²) >= 11 is 9.81. The summed E-state index contributed by atoms with van der Waals surface area (Å²) < 4.78 is 20.8. The molecule has 4 aromatic rings. The highest BCUT2D eigenvalue weighted by Crippen LogP contribution is 2.38. The third kappa shape index (κ3) is 5.74. The van der Waals surface area contributed by atoms with Gasteiger partial charge in [0, 0.05) is 9.35 Å². The number of methoxy groups -OCH3 is 1. The molecule has 11 heteroatoms. The first-order chi connectivity index (χ1) is 19.3. The summed E-state index contributed by atoms with van der Waals surface area (Å²) in [6.45, 7) is 4.13. The predicted molar refractivity (Wildman–Crippen MR) is 164 cm³/mol. The van der Waals surface area contributed by atoms with E-state index in [9.17, 15) is 9.59 Å². The van der Waals surface area contributed by atoms with Crippen molar-refractivity contribution in [1.29, 1.82) is 0 Å². The largest absolute Gasteiger partial charge is 0.493 e. The zero-order valence-electron chi connectivity index (χ0n) is 21.8. The maximum Gasteiger partial charge on any atom is 0.338 e. The van der Waals surface area contributed by atoms with Gasteiger partial charge in [-0.2, -0.15) is 0 Å². The van der Waals surface area contributed by atoms with Crippen LogP contribution in [-0.4, -0.2) is 24.3 Å². The van der Waals surface area contributed by atoms with E-state index in [1.165, 1.54) is 22.7 Å². The van der Waals surface area contributed by atoms with E-state index in [-0.39, 0.29) is 12.2 Å². The van der Waals surface area contributed by atoms with Crippen LogP contribution in [0.3, 0.4) is 0 Å². The Balaban J connectivity index is 1.54. The normalized spacial score (nSPS) is 15.0. The molecule has 7 nitrogen and oxygen atoms in total. The zero-order valence-corrected chi connectivity index (χ0v) is 26.6. The molecule has 0 aliphatic carbocycles. The summed E-state index contributed by atoms with van der Waals surface area (Å²) in [6, 6.07) is 14.8. The van der Waals surface area contributed by atoms with E-state index in [4.69, 9.17) is 14.2 Å². The van der Waals surface area contributed by atoms with Gasteiger partial charge in [0.15, 0.2) is 16.3 Å². The van der Waals surface area contributed by atoms with Crippen LogP contribution in [0, 0.1) is 0 Å². The summed E-state index contributed by atoms with van der Waals surface area (Å²) in [6.07, 6.45) is 1.80. The van der Waals surface area contributed by atoms with Crippen molar-refractivity contribution in [2.45, 2.75) is 26.5 Å². The standard InChI is InChI=1S/C29H24Br2N2O5S2/c1-4-37-28(35)24-16(2)32-29-33(25(24)22-6-5-11-39-22)27(34)23(40-29)14-18-12-20(31)26(21(13-18)36-3)38-15-17-7-9-19(30)10-8-17/h5-14,25H,4,15H2,1-3H3/b23-14-/t25-/m1/s1. The molecule has 1 aliphatic rings. The summed E-state index contributed by atoms with van der Waals surface area (Å²) in [4.78, 5) is 32.7. The molecule has 2 aromatic carbocycles. The molecule has 5 rings (SSSR count). The Morgan fingerprint density at radius 2 is 1.95 bits per heavy atom. The number of carbonyl (C=O) groups excluding carboxylic acids is 1. The fourth-order valence-electron chi connectivity index (χ4n) is 4.36. The average Bonchev–Trinajstić information content (AvgIpc) is 3.56. The molecule has 0 amide bonds. The second-order valence-electron chi connectivity index (χ2n) is 8.77. The molecular formula is C29H24Br2N2O5S2. The lowest BCUT2D eigenvalue weighted by atomic mass is 10.0. The van der Waals surface area contributed by atoms with Crippen molar-refractivity contribution >= 4 is 66.6 Å². The molecule has 0 radical (unpaired) electrons.